The third kappa shape index (κ3) is 3.31. The van der Waals surface area contributed by atoms with Gasteiger partial charge in [0.1, 0.15) is 5.69 Å². The Morgan fingerprint density at radius 3 is 2.83 bits per heavy atom. The second-order valence-corrected chi connectivity index (χ2v) is 5.45. The van der Waals surface area contributed by atoms with Gasteiger partial charge in [0.15, 0.2) is 0 Å². The van der Waals surface area contributed by atoms with E-state index < -0.39 is 0 Å². The van der Waals surface area contributed by atoms with E-state index in [0.29, 0.717) is 17.3 Å². The zero-order valence-corrected chi connectivity index (χ0v) is 11.5. The van der Waals surface area contributed by atoms with E-state index in [1.165, 1.54) is 11.1 Å². The van der Waals surface area contributed by atoms with E-state index in [1.807, 2.05) is 6.07 Å². The van der Waals surface area contributed by atoms with Crippen molar-refractivity contribution in [3.8, 4) is 0 Å². The summed E-state index contributed by atoms with van der Waals surface area (Å²) in [6.45, 7) is 2.64. The summed E-state index contributed by atoms with van der Waals surface area (Å²) in [6, 6.07) is 7.33. The van der Waals surface area contributed by atoms with Crippen LogP contribution in [0.4, 0.5) is 0 Å². The van der Waals surface area contributed by atoms with Crippen LogP contribution in [0.5, 0.6) is 0 Å². The van der Waals surface area contributed by atoms with Crippen molar-refractivity contribution < 1.29 is 4.79 Å². The number of amides is 1. The molecule has 0 radical (unpaired) electrons. The van der Waals surface area contributed by atoms with Crippen molar-refractivity contribution in [1.82, 2.24) is 10.3 Å². The number of nitrogens with zero attached hydrogens (tertiary/aromatic N) is 1. The molecule has 0 bridgehead atoms. The number of carbonyl (C=O) groups excluding carboxylic acids is 1. The maximum absolute atomic E-state index is 11.8. The molecule has 18 heavy (non-hydrogen) atoms. The Bertz CT molecular complexity index is 553. The molecule has 1 N–H and O–H groups in total. The molecule has 0 fully saturated rings. The molecule has 2 heterocycles. The van der Waals surface area contributed by atoms with Crippen molar-refractivity contribution >= 4 is 28.8 Å². The summed E-state index contributed by atoms with van der Waals surface area (Å²) < 4.78 is 0. The van der Waals surface area contributed by atoms with Gasteiger partial charge < -0.3 is 5.32 Å². The summed E-state index contributed by atoms with van der Waals surface area (Å²) >= 11 is 7.52. The number of aromatic nitrogens is 1. The van der Waals surface area contributed by atoms with Gasteiger partial charge in [0, 0.05) is 21.0 Å². The molecule has 0 aliphatic rings. The predicted octanol–water partition coefficient (Wildman–Crippen LogP) is 3.29. The summed E-state index contributed by atoms with van der Waals surface area (Å²) in [6.07, 6.45) is 2.55. The zero-order chi connectivity index (χ0) is 13.0. The third-order valence-corrected chi connectivity index (χ3v) is 3.91. The van der Waals surface area contributed by atoms with Gasteiger partial charge in [-0.25, -0.2) is 0 Å². The number of thiophene rings is 1. The Balaban J connectivity index is 1.96. The molecule has 3 nitrogen and oxygen atoms in total. The average Bonchev–Trinajstić information content (AvgIpc) is 2.84. The van der Waals surface area contributed by atoms with Crippen molar-refractivity contribution in [2.24, 2.45) is 0 Å². The van der Waals surface area contributed by atoms with Crippen LogP contribution in [-0.2, 0) is 13.0 Å². The molecule has 2 aromatic heterocycles. The van der Waals surface area contributed by atoms with Crippen LogP contribution in [-0.4, -0.2) is 10.9 Å². The fourth-order valence-electron chi connectivity index (χ4n) is 1.49. The van der Waals surface area contributed by atoms with Crippen molar-refractivity contribution in [2.45, 2.75) is 19.9 Å². The van der Waals surface area contributed by atoms with E-state index in [9.17, 15) is 4.79 Å². The van der Waals surface area contributed by atoms with Gasteiger partial charge in [-0.2, -0.15) is 0 Å². The van der Waals surface area contributed by atoms with Gasteiger partial charge in [0.25, 0.3) is 5.91 Å². The first-order valence-corrected chi connectivity index (χ1v) is 6.86. The Labute approximate surface area is 115 Å². The summed E-state index contributed by atoms with van der Waals surface area (Å²) in [5.74, 6) is -0.205. The molecule has 0 saturated heterocycles. The monoisotopic (exact) mass is 280 g/mol. The third-order valence-electron chi connectivity index (χ3n) is 2.44. The second kappa shape index (κ2) is 5.98. The Morgan fingerprint density at radius 2 is 2.17 bits per heavy atom. The van der Waals surface area contributed by atoms with Crippen LogP contribution in [0.1, 0.15) is 27.2 Å². The number of halogens is 1. The number of nitrogens with one attached hydrogen (secondary N) is 1. The first kappa shape index (κ1) is 13.1. The topological polar surface area (TPSA) is 42.0 Å². The molecule has 2 aromatic rings. The lowest BCUT2D eigenvalue weighted by molar-refractivity contribution is 0.0946. The standard InChI is InChI=1S/C13H13ClN2OS/c1-2-10-3-4-11(18-10)8-16-13(17)12-7-9(14)5-6-15-12/h3-7H,2,8H2,1H3,(H,16,17). The van der Waals surface area contributed by atoms with Gasteiger partial charge in [-0.15, -0.1) is 11.3 Å². The number of aryl methyl sites for hydroxylation is 1. The van der Waals surface area contributed by atoms with Gasteiger partial charge in [-0.3, -0.25) is 9.78 Å². The number of rotatable bonds is 4. The summed E-state index contributed by atoms with van der Waals surface area (Å²) in [7, 11) is 0. The number of pyridine rings is 1. The first-order valence-electron chi connectivity index (χ1n) is 5.66. The smallest absolute Gasteiger partial charge is 0.270 e. The van der Waals surface area contributed by atoms with Gasteiger partial charge in [-0.05, 0) is 30.7 Å². The fourth-order valence-corrected chi connectivity index (χ4v) is 2.55. The molecule has 0 saturated carbocycles. The minimum absolute atomic E-state index is 0.205. The highest BCUT2D eigenvalue weighted by atomic mass is 35.5. The van der Waals surface area contributed by atoms with Gasteiger partial charge in [-0.1, -0.05) is 18.5 Å². The second-order valence-electron chi connectivity index (χ2n) is 3.76. The summed E-state index contributed by atoms with van der Waals surface area (Å²) in [5.41, 5.74) is 0.342. The number of hydrogen-bond donors (Lipinski definition) is 1. The molecule has 0 unspecified atom stereocenters. The van der Waals surface area contributed by atoms with Crippen molar-refractivity contribution in [3.63, 3.8) is 0 Å². The largest absolute Gasteiger partial charge is 0.346 e. The van der Waals surface area contributed by atoms with Crippen LogP contribution < -0.4 is 5.32 Å². The van der Waals surface area contributed by atoms with Crippen molar-refractivity contribution in [1.29, 1.82) is 0 Å². The van der Waals surface area contributed by atoms with Crippen molar-refractivity contribution in [2.75, 3.05) is 0 Å². The zero-order valence-electron chi connectivity index (χ0n) is 9.94. The molecule has 0 atom stereocenters. The lowest BCUT2D eigenvalue weighted by Crippen LogP contribution is -2.23. The highest BCUT2D eigenvalue weighted by Crippen LogP contribution is 2.16. The Kier molecular flexibility index (Phi) is 4.33. The minimum atomic E-state index is -0.205. The lowest BCUT2D eigenvalue weighted by atomic mass is 10.3. The van der Waals surface area contributed by atoms with Gasteiger partial charge in [0.05, 0.1) is 6.54 Å². The van der Waals surface area contributed by atoms with E-state index in [4.69, 9.17) is 11.6 Å². The average molecular weight is 281 g/mol. The molecular formula is C13H13ClN2OS. The van der Waals surface area contributed by atoms with Crippen LogP contribution in [0.3, 0.4) is 0 Å². The van der Waals surface area contributed by atoms with E-state index in [-0.39, 0.29) is 5.91 Å². The summed E-state index contributed by atoms with van der Waals surface area (Å²) in [4.78, 5) is 18.3. The SMILES string of the molecule is CCc1ccc(CNC(=O)c2cc(Cl)ccn2)s1. The minimum Gasteiger partial charge on any atom is -0.346 e. The fraction of sp³-hybridized carbons (Fsp3) is 0.231. The van der Waals surface area contributed by atoms with Crippen LogP contribution in [0.15, 0.2) is 30.5 Å². The van der Waals surface area contributed by atoms with Gasteiger partial charge >= 0.3 is 0 Å². The quantitative estimate of drug-likeness (QED) is 0.934. The summed E-state index contributed by atoms with van der Waals surface area (Å²) in [5, 5.41) is 3.34. The molecule has 94 valence electrons. The molecule has 0 spiro atoms. The molecule has 2 rings (SSSR count). The lowest BCUT2D eigenvalue weighted by Gasteiger charge is -2.03. The Hall–Kier alpha value is -1.39. The van der Waals surface area contributed by atoms with E-state index >= 15 is 0 Å². The maximum atomic E-state index is 11.8. The van der Waals surface area contributed by atoms with Gasteiger partial charge in [0.2, 0.25) is 0 Å². The molecule has 5 heteroatoms. The van der Waals surface area contributed by atoms with Crippen molar-refractivity contribution in [3.05, 3.63) is 50.9 Å². The van der Waals surface area contributed by atoms with E-state index in [0.717, 1.165) is 11.3 Å². The highest BCUT2D eigenvalue weighted by Gasteiger charge is 2.07. The molecule has 0 aliphatic carbocycles. The predicted molar refractivity (Wildman–Crippen MR) is 74.1 cm³/mol. The van der Waals surface area contributed by atoms with Crippen LogP contribution in [0.2, 0.25) is 5.02 Å². The van der Waals surface area contributed by atoms with E-state index in [2.05, 4.69) is 23.3 Å². The number of hydrogen-bond acceptors (Lipinski definition) is 3. The van der Waals surface area contributed by atoms with E-state index in [1.54, 1.807) is 23.5 Å². The van der Waals surface area contributed by atoms with Crippen LogP contribution in [0, 0.1) is 0 Å². The highest BCUT2D eigenvalue weighted by molar-refractivity contribution is 7.11. The molecule has 0 aliphatic heterocycles. The van der Waals surface area contributed by atoms with Crippen LogP contribution in [0.25, 0.3) is 0 Å². The Morgan fingerprint density at radius 1 is 1.39 bits per heavy atom. The molecule has 1 amide bonds. The molecule has 0 aromatic carbocycles. The van der Waals surface area contributed by atoms with Crippen LogP contribution >= 0.6 is 22.9 Å². The molecular weight excluding hydrogens is 268 g/mol. The maximum Gasteiger partial charge on any atom is 0.270 e. The number of carbonyl (C=O) groups is 1. The normalized spacial score (nSPS) is 10.3. The first-order chi connectivity index (χ1) is 8.69.